The van der Waals surface area contributed by atoms with Crippen molar-refractivity contribution >= 4 is 0 Å². The quantitative estimate of drug-likeness (QED) is 0.576. The van der Waals surface area contributed by atoms with E-state index in [1.807, 2.05) is 0 Å². The molecule has 0 atom stereocenters. The highest BCUT2D eigenvalue weighted by Crippen LogP contribution is 2.29. The molecule has 2 heteroatoms. The van der Waals surface area contributed by atoms with Gasteiger partial charge < -0.3 is 10.6 Å². The van der Waals surface area contributed by atoms with E-state index >= 15 is 0 Å². The highest BCUT2D eigenvalue weighted by atomic mass is 15.1. The molecule has 1 saturated carbocycles. The average Bonchev–Trinajstić information content (AvgIpc) is 2.95. The van der Waals surface area contributed by atoms with Crippen molar-refractivity contribution in [2.75, 3.05) is 26.7 Å². The van der Waals surface area contributed by atoms with Crippen molar-refractivity contribution < 1.29 is 0 Å². The maximum absolute atomic E-state index is 5.45. The summed E-state index contributed by atoms with van der Waals surface area (Å²) in [5.41, 5.74) is 5.45. The minimum Gasteiger partial charge on any atom is -0.330 e. The van der Waals surface area contributed by atoms with Crippen LogP contribution in [0.3, 0.4) is 0 Å². The topological polar surface area (TPSA) is 29.3 Å². The number of nitrogens with two attached hydrogens (primary N) is 1. The summed E-state index contributed by atoms with van der Waals surface area (Å²) in [4.78, 5) is 2.50. The van der Waals surface area contributed by atoms with Crippen LogP contribution in [0.5, 0.6) is 0 Å². The van der Waals surface area contributed by atoms with E-state index in [-0.39, 0.29) is 0 Å². The molecule has 1 aliphatic carbocycles. The first-order valence-corrected chi connectivity index (χ1v) is 6.21. The molecule has 1 rings (SSSR count). The smallest absolute Gasteiger partial charge is 0.000661 e. The highest BCUT2D eigenvalue weighted by molar-refractivity contribution is 4.75. The summed E-state index contributed by atoms with van der Waals surface area (Å²) >= 11 is 0. The van der Waals surface area contributed by atoms with Gasteiger partial charge in [0.05, 0.1) is 0 Å². The van der Waals surface area contributed by atoms with Gasteiger partial charge in [0.1, 0.15) is 0 Å². The molecule has 0 aromatic heterocycles. The monoisotopic (exact) mass is 198 g/mol. The standard InChI is InChI=1S/C12H26N2/c1-14(11-12-7-8-12)10-6-4-2-3-5-9-13/h12H,2-11,13H2,1H3. The van der Waals surface area contributed by atoms with Gasteiger partial charge in [-0.1, -0.05) is 19.3 Å². The fourth-order valence-electron chi connectivity index (χ4n) is 1.89. The van der Waals surface area contributed by atoms with Crippen molar-refractivity contribution in [3.8, 4) is 0 Å². The predicted octanol–water partition coefficient (Wildman–Crippen LogP) is 2.24. The number of hydrogen-bond acceptors (Lipinski definition) is 2. The van der Waals surface area contributed by atoms with E-state index < -0.39 is 0 Å². The molecule has 0 spiro atoms. The van der Waals surface area contributed by atoms with E-state index in [1.54, 1.807) is 0 Å². The molecule has 0 aromatic rings. The zero-order chi connectivity index (χ0) is 10.2. The number of nitrogens with zero attached hydrogens (tertiary/aromatic N) is 1. The second-order valence-electron chi connectivity index (χ2n) is 4.76. The van der Waals surface area contributed by atoms with Crippen LogP contribution in [0, 0.1) is 5.92 Å². The summed E-state index contributed by atoms with van der Waals surface area (Å²) in [6, 6.07) is 0. The molecule has 2 nitrogen and oxygen atoms in total. The van der Waals surface area contributed by atoms with Gasteiger partial charge in [0.2, 0.25) is 0 Å². The summed E-state index contributed by atoms with van der Waals surface area (Å²) in [6.07, 6.45) is 9.60. The minimum absolute atomic E-state index is 0.863. The van der Waals surface area contributed by atoms with Crippen LogP contribution in [-0.4, -0.2) is 31.6 Å². The lowest BCUT2D eigenvalue weighted by molar-refractivity contribution is 0.311. The van der Waals surface area contributed by atoms with Crippen LogP contribution >= 0.6 is 0 Å². The largest absolute Gasteiger partial charge is 0.330 e. The fraction of sp³-hybridized carbons (Fsp3) is 1.00. The van der Waals surface area contributed by atoms with E-state index in [4.69, 9.17) is 5.73 Å². The third kappa shape index (κ3) is 6.39. The Balaban J connectivity index is 1.77. The third-order valence-electron chi connectivity index (χ3n) is 3.01. The van der Waals surface area contributed by atoms with Gasteiger partial charge in [-0.15, -0.1) is 0 Å². The van der Waals surface area contributed by atoms with Gasteiger partial charge in [-0.3, -0.25) is 0 Å². The maximum Gasteiger partial charge on any atom is 0.000661 e. The second-order valence-corrected chi connectivity index (χ2v) is 4.76. The summed E-state index contributed by atoms with van der Waals surface area (Å²) in [5, 5.41) is 0. The van der Waals surface area contributed by atoms with Gasteiger partial charge in [0, 0.05) is 6.54 Å². The Labute approximate surface area is 88.8 Å². The van der Waals surface area contributed by atoms with Crippen molar-refractivity contribution in [2.24, 2.45) is 11.7 Å². The maximum atomic E-state index is 5.45. The van der Waals surface area contributed by atoms with E-state index in [2.05, 4.69) is 11.9 Å². The van der Waals surface area contributed by atoms with Crippen LogP contribution in [0.25, 0.3) is 0 Å². The summed E-state index contributed by atoms with van der Waals surface area (Å²) in [6.45, 7) is 3.49. The Bertz CT molecular complexity index is 132. The summed E-state index contributed by atoms with van der Waals surface area (Å²) < 4.78 is 0. The molecule has 0 saturated heterocycles. The lowest BCUT2D eigenvalue weighted by atomic mass is 10.1. The van der Waals surface area contributed by atoms with Crippen LogP contribution in [0.15, 0.2) is 0 Å². The molecule has 0 amide bonds. The third-order valence-corrected chi connectivity index (χ3v) is 3.01. The van der Waals surface area contributed by atoms with Gasteiger partial charge >= 0.3 is 0 Å². The normalized spacial score (nSPS) is 16.5. The molecular weight excluding hydrogens is 172 g/mol. The van der Waals surface area contributed by atoms with Crippen molar-refractivity contribution in [2.45, 2.75) is 44.9 Å². The van der Waals surface area contributed by atoms with Gasteiger partial charge in [-0.2, -0.15) is 0 Å². The fourth-order valence-corrected chi connectivity index (χ4v) is 1.89. The molecule has 0 aromatic carbocycles. The molecule has 84 valence electrons. The zero-order valence-corrected chi connectivity index (χ0v) is 9.67. The molecular formula is C12H26N2. The molecule has 1 aliphatic rings. The van der Waals surface area contributed by atoms with Crippen LogP contribution in [0.2, 0.25) is 0 Å². The SMILES string of the molecule is CN(CCCCCCCN)CC1CC1. The molecule has 0 aliphatic heterocycles. The number of hydrogen-bond donors (Lipinski definition) is 1. The lowest BCUT2D eigenvalue weighted by Gasteiger charge is -2.15. The van der Waals surface area contributed by atoms with E-state index in [0.717, 1.165) is 12.5 Å². The van der Waals surface area contributed by atoms with Gasteiger partial charge in [0.25, 0.3) is 0 Å². The minimum atomic E-state index is 0.863. The molecule has 0 heterocycles. The van der Waals surface area contributed by atoms with Gasteiger partial charge in [-0.05, 0) is 51.7 Å². The van der Waals surface area contributed by atoms with Crippen LogP contribution < -0.4 is 5.73 Å². The summed E-state index contributed by atoms with van der Waals surface area (Å²) in [5.74, 6) is 1.04. The van der Waals surface area contributed by atoms with Crippen molar-refractivity contribution in [3.05, 3.63) is 0 Å². The Kier molecular flexibility index (Phi) is 6.20. The van der Waals surface area contributed by atoms with E-state index in [0.29, 0.717) is 0 Å². The van der Waals surface area contributed by atoms with Crippen LogP contribution in [-0.2, 0) is 0 Å². The molecule has 0 bridgehead atoms. The zero-order valence-electron chi connectivity index (χ0n) is 9.67. The van der Waals surface area contributed by atoms with Crippen molar-refractivity contribution in [1.82, 2.24) is 4.90 Å². The van der Waals surface area contributed by atoms with E-state index in [9.17, 15) is 0 Å². The Morgan fingerprint density at radius 3 is 2.36 bits per heavy atom. The number of rotatable bonds is 9. The highest BCUT2D eigenvalue weighted by Gasteiger charge is 2.22. The summed E-state index contributed by atoms with van der Waals surface area (Å²) in [7, 11) is 2.26. The Morgan fingerprint density at radius 1 is 1.07 bits per heavy atom. The molecule has 2 N–H and O–H groups in total. The average molecular weight is 198 g/mol. The van der Waals surface area contributed by atoms with E-state index in [1.165, 1.54) is 58.0 Å². The lowest BCUT2D eigenvalue weighted by Crippen LogP contribution is -2.22. The Hall–Kier alpha value is -0.0800. The van der Waals surface area contributed by atoms with Crippen molar-refractivity contribution in [1.29, 1.82) is 0 Å². The van der Waals surface area contributed by atoms with Gasteiger partial charge in [0.15, 0.2) is 0 Å². The van der Waals surface area contributed by atoms with Crippen molar-refractivity contribution in [3.63, 3.8) is 0 Å². The first-order chi connectivity index (χ1) is 6.83. The van der Waals surface area contributed by atoms with Gasteiger partial charge in [-0.25, -0.2) is 0 Å². The predicted molar refractivity (Wildman–Crippen MR) is 62.4 cm³/mol. The first kappa shape index (κ1) is 12.0. The second kappa shape index (κ2) is 7.24. The van der Waals surface area contributed by atoms with Crippen LogP contribution in [0.1, 0.15) is 44.9 Å². The number of unbranched alkanes of at least 4 members (excludes halogenated alkanes) is 4. The first-order valence-electron chi connectivity index (χ1n) is 6.21. The molecule has 0 unspecified atom stereocenters. The van der Waals surface area contributed by atoms with Crippen LogP contribution in [0.4, 0.5) is 0 Å². The molecule has 1 fully saturated rings. The molecule has 0 radical (unpaired) electrons. The molecule has 14 heavy (non-hydrogen) atoms. The Morgan fingerprint density at radius 2 is 1.71 bits per heavy atom.